The molecule has 0 aromatic rings. The summed E-state index contributed by atoms with van der Waals surface area (Å²) >= 11 is 0. The Balaban J connectivity index is -0.00000000396. The van der Waals surface area contributed by atoms with Gasteiger partial charge in [0.15, 0.2) is 0 Å². The smallest absolute Gasteiger partial charge is 0.512 e. The fraction of sp³-hybridized carbons (Fsp3) is 0. The fourth-order valence-electron chi connectivity index (χ4n) is 0. The molecule has 0 atom stereocenters. The molecular weight excluding hydrogens is 290 g/mol. The molecule has 0 aliphatic heterocycles. The van der Waals surface area contributed by atoms with Crippen molar-refractivity contribution in [2.45, 2.75) is 0 Å². The van der Waals surface area contributed by atoms with Gasteiger partial charge in [-0.25, -0.2) is 0 Å². The van der Waals surface area contributed by atoms with Gasteiger partial charge in [-0.3, -0.25) is 0 Å². The molecule has 0 unspecified atom stereocenters. The van der Waals surface area contributed by atoms with Crippen LogP contribution in [-0.4, -0.2) is 0 Å². The van der Waals surface area contributed by atoms with E-state index in [1.807, 2.05) is 0 Å². The Bertz CT molecular complexity index is 103. The van der Waals surface area contributed by atoms with E-state index in [2.05, 4.69) is 0 Å². The minimum Gasteiger partial charge on any atom is -0.512 e. The maximum absolute atomic E-state index is 6.25. The van der Waals surface area contributed by atoms with E-state index in [0.29, 0.717) is 0 Å². The summed E-state index contributed by atoms with van der Waals surface area (Å²) in [5, 5.41) is 37.5. The van der Waals surface area contributed by atoms with Crippen LogP contribution in [0.2, 0.25) is 0 Å². The van der Waals surface area contributed by atoms with E-state index < -0.39 is 0 Å². The molecule has 70 valence electrons. The summed E-state index contributed by atoms with van der Waals surface area (Å²) in [4.78, 5) is 0. The van der Waals surface area contributed by atoms with Crippen LogP contribution in [0.4, 0.5) is 0 Å². The van der Waals surface area contributed by atoms with Crippen molar-refractivity contribution in [1.29, 1.82) is 31.6 Å². The van der Waals surface area contributed by atoms with Gasteiger partial charge in [-0.1, -0.05) is 0 Å². The van der Waals surface area contributed by atoms with Crippen molar-refractivity contribution in [2.24, 2.45) is 0 Å². The first-order chi connectivity index (χ1) is 6.00. The number of hydrogen-bond donors (Lipinski definition) is 0. The second-order valence-corrected chi connectivity index (χ2v) is 0. The molecule has 0 aromatic carbocycles. The molecule has 6 nitrogen and oxygen atoms in total. The van der Waals surface area contributed by atoms with Crippen molar-refractivity contribution >= 4 is 0 Å². The van der Waals surface area contributed by atoms with Crippen LogP contribution in [0, 0.1) is 71.0 Å². The van der Waals surface area contributed by atoms with Crippen molar-refractivity contribution in [3.8, 4) is 0 Å². The van der Waals surface area contributed by atoms with Crippen molar-refractivity contribution in [3.63, 3.8) is 0 Å². The third-order valence-electron chi connectivity index (χ3n) is 0. The Hall–Kier alpha value is -1.02. The molecule has 0 saturated heterocycles. The van der Waals surface area contributed by atoms with Gasteiger partial charge in [-0.05, 0) is 0 Å². The van der Waals surface area contributed by atoms with Crippen molar-refractivity contribution in [2.75, 3.05) is 0 Å². The summed E-state index contributed by atoms with van der Waals surface area (Å²) in [6, 6.07) is 0. The van der Waals surface area contributed by atoms with Gasteiger partial charge >= 0.3 is 63.7 Å². The number of nitrogens with zero attached hydrogens (tertiary/aromatic N) is 6. The van der Waals surface area contributed by atoms with Gasteiger partial charge in [0.1, 0.15) is 0 Å². The summed E-state index contributed by atoms with van der Waals surface area (Å²) in [7, 11) is 0. The fourth-order valence-corrected chi connectivity index (χ4v) is 0. The summed E-state index contributed by atoms with van der Waals surface area (Å²) in [5.74, 6) is 0. The zero-order valence-corrected chi connectivity index (χ0v) is 11.7. The molecule has 0 rings (SSSR count). The molecule has 0 heterocycles. The normalized spacial score (nSPS) is 0.800. The van der Waals surface area contributed by atoms with Crippen LogP contribution < -0.4 is 29.6 Å². The van der Waals surface area contributed by atoms with E-state index in [0.717, 1.165) is 0 Å². The molecule has 0 fully saturated rings. The summed E-state index contributed by atoms with van der Waals surface area (Å²) in [6.07, 6.45) is 0. The Labute approximate surface area is 134 Å². The zero-order valence-electron chi connectivity index (χ0n) is 7.41. The van der Waals surface area contributed by atoms with Crippen LogP contribution in [0.1, 0.15) is 0 Å². The first kappa shape index (κ1) is 95.0. The van der Waals surface area contributed by atoms with Crippen LogP contribution in [0.25, 0.3) is 0 Å². The average molecular weight is 290 g/mol. The summed E-state index contributed by atoms with van der Waals surface area (Å²) < 4.78 is 0. The molecule has 0 spiro atoms. The van der Waals surface area contributed by atoms with E-state index in [1.165, 1.54) is 0 Å². The van der Waals surface area contributed by atoms with Gasteiger partial charge in [-0.2, -0.15) is 0 Å². The molecule has 9 heteroatoms. The van der Waals surface area contributed by atoms with Gasteiger partial charge in [0.2, 0.25) is 0 Å². The Morgan fingerprint density at radius 1 is 0.400 bits per heavy atom. The van der Waals surface area contributed by atoms with Gasteiger partial charge in [0, 0.05) is 0 Å². The molecule has 0 N–H and O–H groups in total. The summed E-state index contributed by atoms with van der Waals surface area (Å²) in [6.45, 7) is 28.5. The predicted octanol–water partition coefficient (Wildman–Crippen LogP) is -2.42. The second-order valence-electron chi connectivity index (χ2n) is 0. The molecule has 0 aliphatic rings. The van der Waals surface area contributed by atoms with Crippen molar-refractivity contribution in [3.05, 3.63) is 39.4 Å². The van der Waals surface area contributed by atoms with Crippen LogP contribution in [0.5, 0.6) is 0 Å². The molecule has 15 heavy (non-hydrogen) atoms. The predicted molar refractivity (Wildman–Crippen MR) is 29.8 cm³/mol. The monoisotopic (exact) mass is 290 g/mol. The van der Waals surface area contributed by atoms with Crippen LogP contribution in [0.3, 0.4) is 0 Å². The van der Waals surface area contributed by atoms with Gasteiger partial charge < -0.3 is 71.0 Å². The third-order valence-corrected chi connectivity index (χ3v) is 0. The van der Waals surface area contributed by atoms with Crippen LogP contribution in [-0.2, 0) is 34.1 Å². The molecular formula is C6FeMnN6Na. The molecule has 2 radical (unpaired) electrons. The van der Waals surface area contributed by atoms with Crippen molar-refractivity contribution < 1.29 is 63.7 Å². The second kappa shape index (κ2) is 1790. The average Bonchev–Trinajstić information content (AvgIpc) is 2.33. The van der Waals surface area contributed by atoms with Gasteiger partial charge in [0.25, 0.3) is 0 Å². The van der Waals surface area contributed by atoms with E-state index in [1.54, 1.807) is 0 Å². The minimum absolute atomic E-state index is 0. The van der Waals surface area contributed by atoms with Crippen LogP contribution in [0.15, 0.2) is 0 Å². The molecule has 0 bridgehead atoms. The number of rotatable bonds is 0. The largest absolute Gasteiger partial charge is 3.00 e. The maximum Gasteiger partial charge on any atom is 3.00 e. The van der Waals surface area contributed by atoms with E-state index in [9.17, 15) is 0 Å². The van der Waals surface area contributed by atoms with Crippen molar-refractivity contribution in [1.82, 2.24) is 0 Å². The Morgan fingerprint density at radius 3 is 0.400 bits per heavy atom. The summed E-state index contributed by atoms with van der Waals surface area (Å²) in [5.41, 5.74) is 0. The standard InChI is InChI=1S/6CN.Fe.Mn.Na/c6*1-2;;;/q6*-1;+3;+2;+1. The SMILES string of the molecule is [C-]#N.[C-]#N.[C-]#N.[C-]#N.[C-]#N.[C-]#N.[Fe+3].[Mn+2].[Na+]. The Morgan fingerprint density at radius 2 is 0.400 bits per heavy atom. The van der Waals surface area contributed by atoms with Gasteiger partial charge in [0.05, 0.1) is 0 Å². The zero-order chi connectivity index (χ0) is 12.0. The quantitative estimate of drug-likeness (QED) is 0.358. The Kier molecular flexibility index (Phi) is 11300. The van der Waals surface area contributed by atoms with E-state index in [-0.39, 0.29) is 63.7 Å². The maximum atomic E-state index is 6.25. The number of hydrogen-bond acceptors (Lipinski definition) is 6. The first-order valence-electron chi connectivity index (χ1n) is 1.34. The molecule has 0 amide bonds. The molecule has 0 aromatic heterocycles. The van der Waals surface area contributed by atoms with Crippen LogP contribution >= 0.6 is 0 Å². The minimum atomic E-state index is 0. The molecule has 0 aliphatic carbocycles. The van der Waals surface area contributed by atoms with E-state index in [4.69, 9.17) is 71.0 Å². The van der Waals surface area contributed by atoms with E-state index >= 15 is 0 Å². The first-order valence-corrected chi connectivity index (χ1v) is 1.34. The molecule has 0 saturated carbocycles. The van der Waals surface area contributed by atoms with Gasteiger partial charge in [-0.15, -0.1) is 0 Å². The topological polar surface area (TPSA) is 143 Å². The third kappa shape index (κ3) is 1500.